The molecule has 0 saturated heterocycles. The van der Waals surface area contributed by atoms with Crippen LogP contribution < -0.4 is 5.32 Å². The number of carbonyl (C=O) groups is 2. The van der Waals surface area contributed by atoms with Crippen molar-refractivity contribution in [3.63, 3.8) is 0 Å². The van der Waals surface area contributed by atoms with Crippen LogP contribution in [-0.4, -0.2) is 34.6 Å². The fourth-order valence-electron chi connectivity index (χ4n) is 2.47. The third-order valence-electron chi connectivity index (χ3n) is 3.71. The third kappa shape index (κ3) is 3.27. The normalized spacial score (nSPS) is 10.5. The maximum Gasteiger partial charge on any atom is 0.338 e. The summed E-state index contributed by atoms with van der Waals surface area (Å²) in [7, 11) is 1.92. The van der Waals surface area contributed by atoms with E-state index in [2.05, 4.69) is 10.3 Å². The zero-order chi connectivity index (χ0) is 16.9. The molecule has 0 spiro atoms. The first-order valence-electron chi connectivity index (χ1n) is 7.56. The molecular formula is C18H17N3O3. The fourth-order valence-corrected chi connectivity index (χ4v) is 2.47. The van der Waals surface area contributed by atoms with Crippen LogP contribution in [0.4, 0.5) is 0 Å². The van der Waals surface area contributed by atoms with Crippen molar-refractivity contribution in [1.29, 1.82) is 0 Å². The van der Waals surface area contributed by atoms with Crippen LogP contribution in [0.3, 0.4) is 0 Å². The summed E-state index contributed by atoms with van der Waals surface area (Å²) in [6.45, 7) is 0.358. The summed E-state index contributed by atoms with van der Waals surface area (Å²) >= 11 is 0. The van der Waals surface area contributed by atoms with Crippen LogP contribution in [0, 0.1) is 0 Å². The van der Waals surface area contributed by atoms with E-state index in [4.69, 9.17) is 4.74 Å². The molecule has 122 valence electrons. The number of carbonyl (C=O) groups excluding carboxylic acids is 2. The number of pyridine rings is 1. The van der Waals surface area contributed by atoms with E-state index >= 15 is 0 Å². The number of fused-ring (bicyclic) bond motifs is 1. The zero-order valence-corrected chi connectivity index (χ0v) is 13.2. The fraction of sp³-hybridized carbons (Fsp3) is 0.167. The van der Waals surface area contributed by atoms with Crippen LogP contribution in [0.2, 0.25) is 0 Å². The predicted molar refractivity (Wildman–Crippen MR) is 89.8 cm³/mol. The van der Waals surface area contributed by atoms with Gasteiger partial charge in [0.15, 0.2) is 0 Å². The highest BCUT2D eigenvalue weighted by molar-refractivity contribution is 6.03. The Bertz CT molecular complexity index is 872. The lowest BCUT2D eigenvalue weighted by atomic mass is 10.1. The van der Waals surface area contributed by atoms with Crippen molar-refractivity contribution >= 4 is 22.8 Å². The molecule has 0 aliphatic heterocycles. The number of amides is 1. The summed E-state index contributed by atoms with van der Waals surface area (Å²) in [5.74, 6) is -0.622. The van der Waals surface area contributed by atoms with E-state index < -0.39 is 5.97 Å². The highest BCUT2D eigenvalue weighted by Crippen LogP contribution is 2.20. The van der Waals surface area contributed by atoms with Gasteiger partial charge in [-0.1, -0.05) is 6.07 Å². The van der Waals surface area contributed by atoms with E-state index in [1.165, 1.54) is 0 Å². The lowest BCUT2D eigenvalue weighted by Gasteiger charge is -2.08. The van der Waals surface area contributed by atoms with Gasteiger partial charge in [-0.3, -0.25) is 9.78 Å². The Morgan fingerprint density at radius 1 is 1.17 bits per heavy atom. The van der Waals surface area contributed by atoms with Gasteiger partial charge in [-0.05, 0) is 30.3 Å². The maximum atomic E-state index is 12.2. The van der Waals surface area contributed by atoms with Gasteiger partial charge < -0.3 is 14.6 Å². The molecule has 0 radical (unpaired) electrons. The monoisotopic (exact) mass is 323 g/mol. The second kappa shape index (κ2) is 6.95. The number of esters is 1. The molecule has 0 saturated carbocycles. The number of hydrogen-bond acceptors (Lipinski definition) is 4. The van der Waals surface area contributed by atoms with Crippen molar-refractivity contribution in [3.8, 4) is 0 Å². The van der Waals surface area contributed by atoms with Gasteiger partial charge in [0, 0.05) is 42.1 Å². The van der Waals surface area contributed by atoms with Gasteiger partial charge in [0.2, 0.25) is 0 Å². The van der Waals surface area contributed by atoms with E-state index in [1.54, 1.807) is 30.6 Å². The van der Waals surface area contributed by atoms with Gasteiger partial charge in [-0.2, -0.15) is 0 Å². The molecule has 24 heavy (non-hydrogen) atoms. The Labute approximate surface area is 139 Å². The predicted octanol–water partition coefficient (Wildman–Crippen LogP) is 2.16. The molecule has 0 unspecified atom stereocenters. The van der Waals surface area contributed by atoms with E-state index in [0.717, 1.165) is 10.9 Å². The molecule has 0 aliphatic rings. The van der Waals surface area contributed by atoms with Crippen LogP contribution in [0.5, 0.6) is 0 Å². The van der Waals surface area contributed by atoms with Gasteiger partial charge >= 0.3 is 5.97 Å². The van der Waals surface area contributed by atoms with Crippen molar-refractivity contribution in [2.24, 2.45) is 7.05 Å². The van der Waals surface area contributed by atoms with E-state index in [-0.39, 0.29) is 19.1 Å². The van der Waals surface area contributed by atoms with E-state index in [9.17, 15) is 9.59 Å². The molecule has 2 heterocycles. The van der Waals surface area contributed by atoms with E-state index in [1.807, 2.05) is 36.0 Å². The van der Waals surface area contributed by atoms with Crippen molar-refractivity contribution in [3.05, 3.63) is 66.1 Å². The van der Waals surface area contributed by atoms with Crippen LogP contribution in [0.1, 0.15) is 20.7 Å². The topological polar surface area (TPSA) is 73.2 Å². The number of hydrogen-bond donors (Lipinski definition) is 1. The molecule has 2 aromatic heterocycles. The summed E-state index contributed by atoms with van der Waals surface area (Å²) in [6.07, 6.45) is 5.00. The highest BCUT2D eigenvalue weighted by Gasteiger charge is 2.13. The Kier molecular flexibility index (Phi) is 4.56. The van der Waals surface area contributed by atoms with Crippen molar-refractivity contribution in [2.75, 3.05) is 13.2 Å². The first kappa shape index (κ1) is 15.7. The maximum absolute atomic E-state index is 12.2. The zero-order valence-electron chi connectivity index (χ0n) is 13.2. The Balaban J connectivity index is 1.55. The SMILES string of the molecule is Cn1ccc2c(C(=O)OCCNC(=O)c3ccncc3)cccc21. The molecule has 1 amide bonds. The van der Waals surface area contributed by atoms with Crippen LogP contribution in [0.15, 0.2) is 55.0 Å². The second-order valence-electron chi connectivity index (χ2n) is 5.29. The van der Waals surface area contributed by atoms with Crippen molar-refractivity contribution < 1.29 is 14.3 Å². The lowest BCUT2D eigenvalue weighted by molar-refractivity contribution is 0.0505. The molecule has 0 fully saturated rings. The molecule has 3 aromatic rings. The minimum absolute atomic E-state index is 0.110. The summed E-state index contributed by atoms with van der Waals surface area (Å²) in [5.41, 5.74) is 2.01. The smallest absolute Gasteiger partial charge is 0.338 e. The molecular weight excluding hydrogens is 306 g/mol. The lowest BCUT2D eigenvalue weighted by Crippen LogP contribution is -2.28. The standard InChI is InChI=1S/C18H17N3O3/c1-21-11-7-14-15(3-2-4-16(14)21)18(23)24-12-10-20-17(22)13-5-8-19-9-6-13/h2-9,11H,10,12H2,1H3,(H,20,22). The molecule has 0 aliphatic carbocycles. The summed E-state index contributed by atoms with van der Waals surface area (Å²) in [4.78, 5) is 27.9. The Morgan fingerprint density at radius 2 is 1.96 bits per heavy atom. The summed E-state index contributed by atoms with van der Waals surface area (Å²) in [6, 6.07) is 10.6. The summed E-state index contributed by atoms with van der Waals surface area (Å²) in [5, 5.41) is 3.55. The van der Waals surface area contributed by atoms with Crippen LogP contribution in [0.25, 0.3) is 10.9 Å². The largest absolute Gasteiger partial charge is 0.460 e. The number of nitrogens with zero attached hydrogens (tertiary/aromatic N) is 2. The first-order valence-corrected chi connectivity index (χ1v) is 7.56. The number of ether oxygens (including phenoxy) is 1. The van der Waals surface area contributed by atoms with E-state index in [0.29, 0.717) is 11.1 Å². The van der Waals surface area contributed by atoms with Gasteiger partial charge in [-0.25, -0.2) is 4.79 Å². The van der Waals surface area contributed by atoms with Gasteiger partial charge in [0.05, 0.1) is 12.1 Å². The quantitative estimate of drug-likeness (QED) is 0.577. The van der Waals surface area contributed by atoms with Gasteiger partial charge in [0.25, 0.3) is 5.91 Å². The number of aromatic nitrogens is 2. The minimum atomic E-state index is -0.398. The van der Waals surface area contributed by atoms with Gasteiger partial charge in [0.1, 0.15) is 6.61 Å². The molecule has 1 N–H and O–H groups in total. The first-order chi connectivity index (χ1) is 11.7. The average Bonchev–Trinajstić information content (AvgIpc) is 3.00. The van der Waals surface area contributed by atoms with Crippen LogP contribution >= 0.6 is 0 Å². The van der Waals surface area contributed by atoms with Gasteiger partial charge in [-0.15, -0.1) is 0 Å². The van der Waals surface area contributed by atoms with Crippen LogP contribution in [-0.2, 0) is 11.8 Å². The molecule has 0 bridgehead atoms. The molecule has 1 aromatic carbocycles. The molecule has 6 nitrogen and oxygen atoms in total. The number of rotatable bonds is 5. The molecule has 3 rings (SSSR count). The summed E-state index contributed by atoms with van der Waals surface area (Å²) < 4.78 is 7.20. The second-order valence-corrected chi connectivity index (χ2v) is 5.29. The number of benzene rings is 1. The Hall–Kier alpha value is -3.15. The number of nitrogens with one attached hydrogen (secondary N) is 1. The highest BCUT2D eigenvalue weighted by atomic mass is 16.5. The third-order valence-corrected chi connectivity index (χ3v) is 3.71. The average molecular weight is 323 g/mol. The molecule has 6 heteroatoms. The van der Waals surface area contributed by atoms with Crippen molar-refractivity contribution in [2.45, 2.75) is 0 Å². The minimum Gasteiger partial charge on any atom is -0.460 e. The Morgan fingerprint density at radius 3 is 2.75 bits per heavy atom. The number of aryl methyl sites for hydroxylation is 1. The van der Waals surface area contributed by atoms with Crippen molar-refractivity contribution in [1.82, 2.24) is 14.9 Å². The molecule has 0 atom stereocenters.